The van der Waals surface area contributed by atoms with E-state index in [4.69, 9.17) is 22.1 Å². The Bertz CT molecular complexity index is 1160. The Morgan fingerprint density at radius 2 is 1.90 bits per heavy atom. The summed E-state index contributed by atoms with van der Waals surface area (Å²) in [4.78, 5) is 0. The molecule has 2 aromatic carbocycles. The summed E-state index contributed by atoms with van der Waals surface area (Å²) in [7, 11) is 0. The first-order valence-corrected chi connectivity index (χ1v) is 8.76. The largest absolute Gasteiger partial charge is 0.420 e. The van der Waals surface area contributed by atoms with Gasteiger partial charge in [0.05, 0.1) is 22.7 Å². The molecule has 3 aromatic rings. The average Bonchev–Trinajstić information content (AvgIpc) is 3.10. The predicted molar refractivity (Wildman–Crippen MR) is 99.8 cm³/mol. The first kappa shape index (κ1) is 18.9. The number of hydrogen-bond acceptors (Lipinski definition) is 4. The summed E-state index contributed by atoms with van der Waals surface area (Å²) in [6.45, 7) is 0. The maximum absolute atomic E-state index is 13.3. The summed E-state index contributed by atoms with van der Waals surface area (Å²) in [5.41, 5.74) is 6.91. The molecule has 3 N–H and O–H groups in total. The van der Waals surface area contributed by atoms with Crippen molar-refractivity contribution in [3.63, 3.8) is 0 Å². The number of hydrogen-bond donors (Lipinski definition) is 2. The molecule has 1 atom stereocenters. The monoisotopic (exact) mass is 416 g/mol. The van der Waals surface area contributed by atoms with Crippen LogP contribution in [0.4, 0.5) is 13.2 Å². The molecule has 0 saturated carbocycles. The molecule has 0 fully saturated rings. The quantitative estimate of drug-likeness (QED) is 0.617. The van der Waals surface area contributed by atoms with E-state index in [9.17, 15) is 18.4 Å². The molecule has 146 valence electrons. The fourth-order valence-electron chi connectivity index (χ4n) is 3.31. The Labute approximate surface area is 168 Å². The number of nitrogens with two attached hydrogens (primary N) is 1. The SMILES string of the molecule is N#CC1=C(N)Oc2n[nH]c(-c3ccc(Cl)cc3)c2[C@@H]1c1cccc(C(F)(F)F)c1. The number of halogens is 4. The van der Waals surface area contributed by atoms with E-state index in [0.717, 1.165) is 12.1 Å². The number of alkyl halides is 3. The highest BCUT2D eigenvalue weighted by atomic mass is 35.5. The highest BCUT2D eigenvalue weighted by Crippen LogP contribution is 2.46. The van der Waals surface area contributed by atoms with Gasteiger partial charge in [0.15, 0.2) is 0 Å². The van der Waals surface area contributed by atoms with Crippen molar-refractivity contribution >= 4 is 11.6 Å². The zero-order valence-corrected chi connectivity index (χ0v) is 15.3. The first-order valence-electron chi connectivity index (χ1n) is 8.38. The number of benzene rings is 2. The molecule has 0 unspecified atom stereocenters. The van der Waals surface area contributed by atoms with Crippen molar-refractivity contribution in [3.05, 3.63) is 81.7 Å². The fraction of sp³-hybridized carbons (Fsp3) is 0.100. The third kappa shape index (κ3) is 3.30. The number of nitrogens with one attached hydrogen (secondary N) is 1. The van der Waals surface area contributed by atoms with Gasteiger partial charge < -0.3 is 10.5 Å². The summed E-state index contributed by atoms with van der Waals surface area (Å²) < 4.78 is 45.2. The van der Waals surface area contributed by atoms with Crippen LogP contribution in [0, 0.1) is 11.3 Å². The third-order valence-corrected chi connectivity index (χ3v) is 4.87. The van der Waals surface area contributed by atoms with E-state index in [0.29, 0.717) is 21.8 Å². The number of allylic oxidation sites excluding steroid dienone is 1. The highest BCUT2D eigenvalue weighted by molar-refractivity contribution is 6.30. The topological polar surface area (TPSA) is 87.7 Å². The molecule has 1 aliphatic rings. The van der Waals surface area contributed by atoms with Crippen LogP contribution in [0.1, 0.15) is 22.6 Å². The Morgan fingerprint density at radius 3 is 2.55 bits per heavy atom. The lowest BCUT2D eigenvalue weighted by molar-refractivity contribution is -0.137. The number of rotatable bonds is 2. The fourth-order valence-corrected chi connectivity index (χ4v) is 3.44. The average molecular weight is 417 g/mol. The van der Waals surface area contributed by atoms with Gasteiger partial charge in [-0.25, -0.2) is 0 Å². The normalized spacial score (nSPS) is 16.2. The van der Waals surface area contributed by atoms with E-state index in [1.165, 1.54) is 12.1 Å². The lowest BCUT2D eigenvalue weighted by Crippen LogP contribution is -2.21. The van der Waals surface area contributed by atoms with E-state index in [-0.39, 0.29) is 22.9 Å². The van der Waals surface area contributed by atoms with Crippen LogP contribution in [0.2, 0.25) is 5.02 Å². The van der Waals surface area contributed by atoms with Crippen LogP contribution in [0.3, 0.4) is 0 Å². The third-order valence-electron chi connectivity index (χ3n) is 4.62. The minimum atomic E-state index is -4.53. The second-order valence-corrected chi connectivity index (χ2v) is 6.81. The Kier molecular flexibility index (Phi) is 4.47. The van der Waals surface area contributed by atoms with E-state index < -0.39 is 17.7 Å². The molecular formula is C20H12ClF3N4O. The zero-order chi connectivity index (χ0) is 20.8. The molecule has 0 saturated heterocycles. The van der Waals surface area contributed by atoms with Gasteiger partial charge in [-0.2, -0.15) is 18.4 Å². The Hall–Kier alpha value is -3.44. The molecular weight excluding hydrogens is 405 g/mol. The lowest BCUT2D eigenvalue weighted by atomic mass is 9.82. The van der Waals surface area contributed by atoms with E-state index in [1.807, 2.05) is 6.07 Å². The van der Waals surface area contributed by atoms with Gasteiger partial charge in [-0.05, 0) is 23.8 Å². The molecule has 9 heteroatoms. The standard InChI is InChI=1S/C20H12ClF3N4O/c21-13-6-4-10(5-7-13)17-16-15(11-2-1-3-12(8-11)20(22,23)24)14(9-25)18(26)29-19(16)28-27-17/h1-8,15H,26H2,(H,27,28)/t15-/m1/s1. The van der Waals surface area contributed by atoms with E-state index >= 15 is 0 Å². The van der Waals surface area contributed by atoms with Crippen molar-refractivity contribution in [1.82, 2.24) is 10.2 Å². The molecule has 2 heterocycles. The van der Waals surface area contributed by atoms with Gasteiger partial charge in [0.2, 0.25) is 11.8 Å². The van der Waals surface area contributed by atoms with E-state index in [1.54, 1.807) is 24.3 Å². The maximum Gasteiger partial charge on any atom is 0.416 e. The van der Waals surface area contributed by atoms with Gasteiger partial charge in [0.1, 0.15) is 11.6 Å². The van der Waals surface area contributed by atoms with Gasteiger partial charge >= 0.3 is 6.18 Å². The van der Waals surface area contributed by atoms with E-state index in [2.05, 4.69) is 10.2 Å². The molecule has 0 spiro atoms. The molecule has 29 heavy (non-hydrogen) atoms. The van der Waals surface area contributed by atoms with Gasteiger partial charge in [-0.3, -0.25) is 5.10 Å². The number of H-pyrrole nitrogens is 1. The van der Waals surface area contributed by atoms with Crippen LogP contribution >= 0.6 is 11.6 Å². The predicted octanol–water partition coefficient (Wildman–Crippen LogP) is 4.97. The molecule has 0 aliphatic carbocycles. The number of nitriles is 1. The van der Waals surface area contributed by atoms with Crippen molar-refractivity contribution < 1.29 is 17.9 Å². The van der Waals surface area contributed by atoms with Gasteiger partial charge in [-0.15, -0.1) is 5.10 Å². The summed E-state index contributed by atoms with van der Waals surface area (Å²) >= 11 is 5.94. The molecule has 4 rings (SSSR count). The molecule has 1 aliphatic heterocycles. The molecule has 0 bridgehead atoms. The number of ether oxygens (including phenoxy) is 1. The summed E-state index contributed by atoms with van der Waals surface area (Å²) in [6, 6.07) is 13.5. The minimum absolute atomic E-state index is 0.00781. The zero-order valence-electron chi connectivity index (χ0n) is 14.6. The van der Waals surface area contributed by atoms with Crippen molar-refractivity contribution in [2.75, 3.05) is 0 Å². The highest BCUT2D eigenvalue weighted by Gasteiger charge is 2.37. The van der Waals surface area contributed by atoms with Crippen LogP contribution in [0.25, 0.3) is 11.3 Å². The smallest absolute Gasteiger partial charge is 0.416 e. The van der Waals surface area contributed by atoms with Crippen LogP contribution in [-0.2, 0) is 6.18 Å². The second kappa shape index (κ2) is 6.87. The van der Waals surface area contributed by atoms with Crippen molar-refractivity contribution in [2.45, 2.75) is 12.1 Å². The number of fused-ring (bicyclic) bond motifs is 1. The van der Waals surface area contributed by atoms with Crippen LogP contribution in [-0.4, -0.2) is 10.2 Å². The maximum atomic E-state index is 13.3. The summed E-state index contributed by atoms with van der Waals surface area (Å²) in [5, 5.41) is 17.1. The van der Waals surface area contributed by atoms with Gasteiger partial charge in [0.25, 0.3) is 0 Å². The minimum Gasteiger partial charge on any atom is -0.420 e. The summed E-state index contributed by atoms with van der Waals surface area (Å²) in [5.74, 6) is -0.971. The van der Waals surface area contributed by atoms with Crippen LogP contribution in [0.15, 0.2) is 60.0 Å². The number of aromatic nitrogens is 2. The summed E-state index contributed by atoms with van der Waals surface area (Å²) in [6.07, 6.45) is -4.53. The first-order chi connectivity index (χ1) is 13.8. The van der Waals surface area contributed by atoms with Gasteiger partial charge in [-0.1, -0.05) is 41.9 Å². The molecule has 5 nitrogen and oxygen atoms in total. The molecule has 0 radical (unpaired) electrons. The number of nitrogens with zero attached hydrogens (tertiary/aromatic N) is 2. The second-order valence-electron chi connectivity index (χ2n) is 6.37. The van der Waals surface area contributed by atoms with Crippen molar-refractivity contribution in [3.8, 4) is 23.2 Å². The Morgan fingerprint density at radius 1 is 1.17 bits per heavy atom. The lowest BCUT2D eigenvalue weighted by Gasteiger charge is -2.24. The molecule has 0 amide bonds. The Balaban J connectivity index is 1.94. The molecule has 1 aromatic heterocycles. The van der Waals surface area contributed by atoms with Crippen LogP contribution < -0.4 is 10.5 Å². The van der Waals surface area contributed by atoms with Gasteiger partial charge in [0, 0.05) is 10.6 Å². The van der Waals surface area contributed by atoms with Crippen molar-refractivity contribution in [1.29, 1.82) is 5.26 Å². The number of aromatic amines is 1. The van der Waals surface area contributed by atoms with Crippen molar-refractivity contribution in [2.24, 2.45) is 5.73 Å². The van der Waals surface area contributed by atoms with Crippen LogP contribution in [0.5, 0.6) is 5.88 Å².